The lowest BCUT2D eigenvalue weighted by atomic mass is 9.92. The summed E-state index contributed by atoms with van der Waals surface area (Å²) >= 11 is 0. The van der Waals surface area contributed by atoms with Crippen molar-refractivity contribution in [3.05, 3.63) is 0 Å². The summed E-state index contributed by atoms with van der Waals surface area (Å²) in [5.41, 5.74) is -0.489. The highest BCUT2D eigenvalue weighted by Crippen LogP contribution is 2.29. The van der Waals surface area contributed by atoms with Crippen molar-refractivity contribution < 1.29 is 19.1 Å². The zero-order valence-corrected chi connectivity index (χ0v) is 11.5. The molecular weight excluding hydrogens is 234 g/mol. The van der Waals surface area contributed by atoms with Crippen molar-refractivity contribution in [1.82, 2.24) is 5.06 Å². The Hall–Kier alpha value is -0.810. The molecule has 2 unspecified atom stereocenters. The topological polar surface area (TPSA) is 48.0 Å². The molecule has 2 heterocycles. The minimum absolute atomic E-state index is 0.0974. The molecule has 0 aromatic carbocycles. The van der Waals surface area contributed by atoms with Crippen molar-refractivity contribution in [2.45, 2.75) is 51.7 Å². The van der Waals surface area contributed by atoms with Gasteiger partial charge in [-0.25, -0.2) is 4.79 Å². The minimum atomic E-state index is -0.489. The first-order chi connectivity index (χ1) is 8.47. The smallest absolute Gasteiger partial charge is 0.434 e. The highest BCUT2D eigenvalue weighted by Gasteiger charge is 2.39. The van der Waals surface area contributed by atoms with Gasteiger partial charge in [-0.2, -0.15) is 5.06 Å². The van der Waals surface area contributed by atoms with Crippen molar-refractivity contribution in [2.24, 2.45) is 5.92 Å². The number of rotatable bonds is 1. The van der Waals surface area contributed by atoms with Gasteiger partial charge in [0.05, 0.1) is 19.3 Å². The van der Waals surface area contributed by atoms with Gasteiger partial charge >= 0.3 is 6.09 Å². The van der Waals surface area contributed by atoms with Crippen molar-refractivity contribution in [3.8, 4) is 0 Å². The number of hydroxylamine groups is 2. The maximum atomic E-state index is 12.1. The lowest BCUT2D eigenvalue weighted by Crippen LogP contribution is -2.44. The maximum absolute atomic E-state index is 12.1. The van der Waals surface area contributed by atoms with E-state index in [1.165, 1.54) is 5.06 Å². The van der Waals surface area contributed by atoms with Crippen LogP contribution in [0.25, 0.3) is 0 Å². The molecule has 5 nitrogen and oxygen atoms in total. The maximum Gasteiger partial charge on any atom is 0.434 e. The molecule has 0 saturated carbocycles. The molecule has 2 aliphatic heterocycles. The standard InChI is InChI=1S/C13H23NO4/c1-13(2,3)18-12(15)14-11(6-8-17-14)10-5-4-7-16-9-10/h10-11H,4-9H2,1-3H3. The van der Waals surface area contributed by atoms with Crippen LogP contribution >= 0.6 is 0 Å². The molecule has 0 N–H and O–H groups in total. The Bertz CT molecular complexity index is 294. The Morgan fingerprint density at radius 1 is 1.28 bits per heavy atom. The average molecular weight is 257 g/mol. The Morgan fingerprint density at radius 2 is 2.06 bits per heavy atom. The van der Waals surface area contributed by atoms with Crippen molar-refractivity contribution in [2.75, 3.05) is 19.8 Å². The molecule has 2 aliphatic rings. The van der Waals surface area contributed by atoms with Gasteiger partial charge < -0.3 is 9.47 Å². The summed E-state index contributed by atoms with van der Waals surface area (Å²) in [7, 11) is 0. The predicted molar refractivity (Wildman–Crippen MR) is 66.0 cm³/mol. The zero-order chi connectivity index (χ0) is 13.2. The fourth-order valence-corrected chi connectivity index (χ4v) is 2.48. The Kier molecular flexibility index (Phi) is 4.12. The van der Waals surface area contributed by atoms with Gasteiger partial charge in [-0.05, 0) is 40.0 Å². The molecule has 0 bridgehead atoms. The third-order valence-corrected chi connectivity index (χ3v) is 3.26. The molecule has 2 rings (SSSR count). The van der Waals surface area contributed by atoms with Crippen LogP contribution in [-0.4, -0.2) is 42.6 Å². The van der Waals surface area contributed by atoms with Crippen LogP contribution in [-0.2, 0) is 14.3 Å². The van der Waals surface area contributed by atoms with Crippen LogP contribution in [0.3, 0.4) is 0 Å². The van der Waals surface area contributed by atoms with Crippen molar-refractivity contribution >= 4 is 6.09 Å². The summed E-state index contributed by atoms with van der Waals surface area (Å²) in [5, 5.41) is 1.42. The molecule has 0 aromatic rings. The largest absolute Gasteiger partial charge is 0.442 e. The summed E-state index contributed by atoms with van der Waals surface area (Å²) in [4.78, 5) is 17.5. The van der Waals surface area contributed by atoms with Crippen LogP contribution in [0, 0.1) is 5.92 Å². The number of carbonyl (C=O) groups is 1. The molecule has 104 valence electrons. The first-order valence-electron chi connectivity index (χ1n) is 6.70. The average Bonchev–Trinajstić information content (AvgIpc) is 2.76. The van der Waals surface area contributed by atoms with E-state index in [4.69, 9.17) is 14.3 Å². The van der Waals surface area contributed by atoms with Gasteiger partial charge in [0.15, 0.2) is 0 Å². The SMILES string of the molecule is CC(C)(C)OC(=O)N1OCCC1C1CCCOC1. The number of nitrogens with zero attached hydrogens (tertiary/aromatic N) is 1. The molecule has 1 amide bonds. The Morgan fingerprint density at radius 3 is 2.67 bits per heavy atom. The third-order valence-electron chi connectivity index (χ3n) is 3.26. The molecule has 2 fully saturated rings. The van der Waals surface area contributed by atoms with Crippen LogP contribution in [0.2, 0.25) is 0 Å². The van der Waals surface area contributed by atoms with Gasteiger partial charge in [0.25, 0.3) is 0 Å². The summed E-state index contributed by atoms with van der Waals surface area (Å²) in [6.07, 6.45) is 2.64. The summed E-state index contributed by atoms with van der Waals surface area (Å²) in [6.45, 7) is 7.71. The van der Waals surface area contributed by atoms with Crippen molar-refractivity contribution in [3.63, 3.8) is 0 Å². The monoisotopic (exact) mass is 257 g/mol. The fraction of sp³-hybridized carbons (Fsp3) is 0.923. The Labute approximate surface area is 108 Å². The number of hydrogen-bond donors (Lipinski definition) is 0. The molecule has 0 radical (unpaired) electrons. The molecule has 0 spiro atoms. The molecule has 2 saturated heterocycles. The lowest BCUT2D eigenvalue weighted by Gasteiger charge is -2.33. The van der Waals surface area contributed by atoms with Gasteiger partial charge in [-0.15, -0.1) is 0 Å². The van der Waals surface area contributed by atoms with Gasteiger partial charge in [-0.1, -0.05) is 0 Å². The first-order valence-corrected chi connectivity index (χ1v) is 6.70. The zero-order valence-electron chi connectivity index (χ0n) is 11.5. The number of amides is 1. The van der Waals surface area contributed by atoms with E-state index in [1.807, 2.05) is 20.8 Å². The second-order valence-corrected chi connectivity index (χ2v) is 5.97. The van der Waals surface area contributed by atoms with Crippen LogP contribution in [0.1, 0.15) is 40.0 Å². The molecule has 5 heteroatoms. The second-order valence-electron chi connectivity index (χ2n) is 5.97. The summed E-state index contributed by atoms with van der Waals surface area (Å²) in [6, 6.07) is 0.0974. The highest BCUT2D eigenvalue weighted by molar-refractivity contribution is 5.67. The van der Waals surface area contributed by atoms with Gasteiger partial charge in [0.2, 0.25) is 0 Å². The van der Waals surface area contributed by atoms with E-state index in [2.05, 4.69) is 0 Å². The number of ether oxygens (including phenoxy) is 2. The Balaban J connectivity index is 1.96. The van der Waals surface area contributed by atoms with Crippen molar-refractivity contribution in [1.29, 1.82) is 0 Å². The van der Waals surface area contributed by atoms with E-state index in [0.29, 0.717) is 19.1 Å². The van der Waals surface area contributed by atoms with E-state index in [9.17, 15) is 4.79 Å². The van der Waals surface area contributed by atoms with E-state index >= 15 is 0 Å². The van der Waals surface area contributed by atoms with Crippen LogP contribution in [0.5, 0.6) is 0 Å². The normalized spacial score (nSPS) is 29.4. The van der Waals surface area contributed by atoms with Gasteiger partial charge in [-0.3, -0.25) is 4.84 Å². The summed E-state index contributed by atoms with van der Waals surface area (Å²) < 4.78 is 10.9. The van der Waals surface area contributed by atoms with E-state index < -0.39 is 5.60 Å². The lowest BCUT2D eigenvalue weighted by molar-refractivity contribution is -0.139. The minimum Gasteiger partial charge on any atom is -0.442 e. The van der Waals surface area contributed by atoms with Gasteiger partial charge in [0, 0.05) is 12.5 Å². The quantitative estimate of drug-likeness (QED) is 0.723. The van der Waals surface area contributed by atoms with Crippen LogP contribution in [0.15, 0.2) is 0 Å². The molecule has 0 aliphatic carbocycles. The van der Waals surface area contributed by atoms with E-state index in [-0.39, 0.29) is 12.1 Å². The predicted octanol–water partition coefficient (Wildman–Crippen LogP) is 2.35. The van der Waals surface area contributed by atoms with E-state index in [1.54, 1.807) is 0 Å². The number of carbonyl (C=O) groups excluding carboxylic acids is 1. The molecule has 2 atom stereocenters. The third kappa shape index (κ3) is 3.36. The highest BCUT2D eigenvalue weighted by atomic mass is 16.7. The van der Waals surface area contributed by atoms with Crippen LogP contribution < -0.4 is 0 Å². The summed E-state index contributed by atoms with van der Waals surface area (Å²) in [5.74, 6) is 0.369. The van der Waals surface area contributed by atoms with Crippen LogP contribution in [0.4, 0.5) is 4.79 Å². The molecular formula is C13H23NO4. The van der Waals surface area contributed by atoms with Gasteiger partial charge in [0.1, 0.15) is 5.60 Å². The fourth-order valence-electron chi connectivity index (χ4n) is 2.48. The number of hydrogen-bond acceptors (Lipinski definition) is 4. The second kappa shape index (κ2) is 5.45. The molecule has 18 heavy (non-hydrogen) atoms. The first kappa shape index (κ1) is 13.6. The van der Waals surface area contributed by atoms with E-state index in [0.717, 1.165) is 25.9 Å². The molecule has 0 aromatic heterocycles.